The zero-order valence-electron chi connectivity index (χ0n) is 19.8. The average Bonchev–Trinajstić information content (AvgIpc) is 2.90. The number of pyridine rings is 1. The number of anilines is 1. The number of halogens is 1. The molecule has 0 radical (unpaired) electrons. The van der Waals surface area contributed by atoms with E-state index in [0.29, 0.717) is 29.7 Å². The quantitative estimate of drug-likeness (QED) is 0.510. The Kier molecular flexibility index (Phi) is 7.19. The molecule has 2 fully saturated rings. The normalized spacial score (nSPS) is 21.0. The van der Waals surface area contributed by atoms with Crippen LogP contribution in [0.3, 0.4) is 0 Å². The molecular formula is C28H31ClN4O2. The number of amides is 2. The predicted molar refractivity (Wildman–Crippen MR) is 140 cm³/mol. The molecule has 2 aromatic carbocycles. The van der Waals surface area contributed by atoms with Gasteiger partial charge in [0, 0.05) is 58.9 Å². The molecule has 182 valence electrons. The van der Waals surface area contributed by atoms with Crippen molar-refractivity contribution in [2.24, 2.45) is 5.92 Å². The number of fused-ring (bicyclic) bond motifs is 1. The van der Waals surface area contributed by atoms with Crippen molar-refractivity contribution < 1.29 is 9.59 Å². The molecule has 6 nitrogen and oxygen atoms in total. The first kappa shape index (κ1) is 23.6. The van der Waals surface area contributed by atoms with E-state index in [1.54, 1.807) is 0 Å². The van der Waals surface area contributed by atoms with Crippen LogP contribution >= 0.6 is 11.6 Å². The third-order valence-electron chi connectivity index (χ3n) is 7.31. The van der Waals surface area contributed by atoms with Crippen molar-refractivity contribution in [2.75, 3.05) is 18.4 Å². The van der Waals surface area contributed by atoms with Gasteiger partial charge in [-0.25, -0.2) is 0 Å². The summed E-state index contributed by atoms with van der Waals surface area (Å²) in [5.74, 6) is 0.186. The molecule has 1 aliphatic heterocycles. The highest BCUT2D eigenvalue weighted by molar-refractivity contribution is 6.31. The minimum atomic E-state index is -0.0133. The lowest BCUT2D eigenvalue weighted by atomic mass is 9.89. The van der Waals surface area contributed by atoms with Gasteiger partial charge in [0.25, 0.3) is 5.91 Å². The molecule has 35 heavy (non-hydrogen) atoms. The van der Waals surface area contributed by atoms with Gasteiger partial charge in [-0.05, 0) is 74.9 Å². The summed E-state index contributed by atoms with van der Waals surface area (Å²) in [6.45, 7) is 1.27. The van der Waals surface area contributed by atoms with E-state index >= 15 is 0 Å². The maximum Gasteiger partial charge on any atom is 0.253 e. The minimum Gasteiger partial charge on any atom is -0.382 e. The number of benzene rings is 2. The average molecular weight is 491 g/mol. The molecule has 5 rings (SSSR count). The van der Waals surface area contributed by atoms with E-state index in [9.17, 15) is 9.59 Å². The van der Waals surface area contributed by atoms with Crippen molar-refractivity contribution in [1.29, 1.82) is 0 Å². The van der Waals surface area contributed by atoms with Crippen LogP contribution in [0.4, 0.5) is 5.69 Å². The van der Waals surface area contributed by atoms with E-state index in [1.807, 2.05) is 65.7 Å². The van der Waals surface area contributed by atoms with Crippen LogP contribution in [0.25, 0.3) is 10.9 Å². The van der Waals surface area contributed by atoms with Gasteiger partial charge in [0.1, 0.15) is 0 Å². The molecule has 1 saturated carbocycles. The molecule has 7 heteroatoms. The second-order valence-electron chi connectivity index (χ2n) is 9.65. The van der Waals surface area contributed by atoms with Crippen molar-refractivity contribution in [2.45, 2.75) is 50.6 Å². The molecule has 0 spiro atoms. The summed E-state index contributed by atoms with van der Waals surface area (Å²) in [6.07, 6.45) is 7.19. The van der Waals surface area contributed by atoms with E-state index in [-0.39, 0.29) is 23.8 Å². The molecule has 2 amide bonds. The van der Waals surface area contributed by atoms with E-state index in [4.69, 9.17) is 11.6 Å². The number of nitrogens with zero attached hydrogens (tertiary/aromatic N) is 2. The Balaban J connectivity index is 1.08. The predicted octanol–water partition coefficient (Wildman–Crippen LogP) is 5.28. The number of rotatable bonds is 5. The second kappa shape index (κ2) is 10.6. The van der Waals surface area contributed by atoms with Crippen molar-refractivity contribution in [3.63, 3.8) is 0 Å². The lowest BCUT2D eigenvalue weighted by molar-refractivity contribution is -0.127. The summed E-state index contributed by atoms with van der Waals surface area (Å²) in [7, 11) is 0. The highest BCUT2D eigenvalue weighted by Crippen LogP contribution is 2.28. The summed E-state index contributed by atoms with van der Waals surface area (Å²) >= 11 is 6.11. The highest BCUT2D eigenvalue weighted by atomic mass is 35.5. The summed E-state index contributed by atoms with van der Waals surface area (Å²) in [5, 5.41) is 8.73. The van der Waals surface area contributed by atoms with Crippen molar-refractivity contribution in [1.82, 2.24) is 15.2 Å². The van der Waals surface area contributed by atoms with Crippen LogP contribution in [0.2, 0.25) is 5.02 Å². The number of hydrogen-bond acceptors (Lipinski definition) is 4. The van der Waals surface area contributed by atoms with Crippen molar-refractivity contribution in [3.05, 3.63) is 71.4 Å². The van der Waals surface area contributed by atoms with Crippen LogP contribution in [-0.4, -0.2) is 46.9 Å². The first-order valence-corrected chi connectivity index (χ1v) is 12.9. The molecule has 2 heterocycles. The van der Waals surface area contributed by atoms with Gasteiger partial charge in [-0.3, -0.25) is 14.6 Å². The van der Waals surface area contributed by atoms with E-state index < -0.39 is 0 Å². The fraction of sp³-hybridized carbons (Fsp3) is 0.393. The maximum atomic E-state index is 12.9. The monoisotopic (exact) mass is 490 g/mol. The van der Waals surface area contributed by atoms with Crippen LogP contribution in [0.15, 0.2) is 60.8 Å². The second-order valence-corrected chi connectivity index (χ2v) is 10.1. The number of nitrogens with one attached hydrogen (secondary N) is 2. The van der Waals surface area contributed by atoms with Crippen LogP contribution < -0.4 is 10.6 Å². The number of carbonyl (C=O) groups is 2. The van der Waals surface area contributed by atoms with Gasteiger partial charge in [-0.15, -0.1) is 0 Å². The summed E-state index contributed by atoms with van der Waals surface area (Å²) in [6, 6.07) is 17.8. The highest BCUT2D eigenvalue weighted by Gasteiger charge is 2.30. The van der Waals surface area contributed by atoms with Crippen molar-refractivity contribution >= 4 is 40.0 Å². The molecule has 0 unspecified atom stereocenters. The van der Waals surface area contributed by atoms with Crippen LogP contribution in [0.5, 0.6) is 0 Å². The SMILES string of the molecule is O=C(NC1CCC(Nc2ccnc3cc(Cl)ccc23)CC1)C1CCN(C(=O)c2ccccc2)CC1. The smallest absolute Gasteiger partial charge is 0.253 e. The van der Waals surface area contributed by atoms with Crippen LogP contribution in [0.1, 0.15) is 48.9 Å². The Morgan fingerprint density at radius 1 is 0.886 bits per heavy atom. The van der Waals surface area contributed by atoms with Gasteiger partial charge in [0.2, 0.25) is 5.91 Å². The molecule has 1 aromatic heterocycles. The van der Waals surface area contributed by atoms with Gasteiger partial charge in [-0.1, -0.05) is 29.8 Å². The molecule has 1 saturated heterocycles. The first-order chi connectivity index (χ1) is 17.1. The Morgan fingerprint density at radius 2 is 1.60 bits per heavy atom. The fourth-order valence-corrected chi connectivity index (χ4v) is 5.44. The zero-order valence-corrected chi connectivity index (χ0v) is 20.5. The van der Waals surface area contributed by atoms with Crippen LogP contribution in [-0.2, 0) is 4.79 Å². The Bertz CT molecular complexity index is 1190. The standard InChI is InChI=1S/C28H31ClN4O2/c29-21-6-11-24-25(12-15-30-26(24)18-21)31-22-7-9-23(10-8-22)32-27(34)19-13-16-33(17-14-19)28(35)20-4-2-1-3-5-20/h1-6,11-12,15,18-19,22-23H,7-10,13-14,16-17H2,(H,30,31)(H,32,34). The van der Waals surface area contributed by atoms with Gasteiger partial charge in [0.05, 0.1) is 5.52 Å². The summed E-state index contributed by atoms with van der Waals surface area (Å²) in [5.41, 5.74) is 2.68. The number of likely N-dealkylation sites (tertiary alicyclic amines) is 1. The fourth-order valence-electron chi connectivity index (χ4n) is 5.28. The Morgan fingerprint density at radius 3 is 2.34 bits per heavy atom. The van der Waals surface area contributed by atoms with E-state index in [0.717, 1.165) is 55.1 Å². The van der Waals surface area contributed by atoms with E-state index in [1.165, 1.54) is 0 Å². The summed E-state index contributed by atoms with van der Waals surface area (Å²) in [4.78, 5) is 31.9. The maximum absolute atomic E-state index is 12.9. The topological polar surface area (TPSA) is 74.3 Å². The molecule has 0 bridgehead atoms. The minimum absolute atomic E-state index is 0.0133. The molecule has 0 atom stereocenters. The Hall–Kier alpha value is -3.12. The molecule has 1 aliphatic carbocycles. The number of carbonyl (C=O) groups excluding carboxylic acids is 2. The van der Waals surface area contributed by atoms with Crippen LogP contribution in [0, 0.1) is 5.92 Å². The van der Waals surface area contributed by atoms with Gasteiger partial charge in [0.15, 0.2) is 0 Å². The third-order valence-corrected chi connectivity index (χ3v) is 7.55. The number of piperidine rings is 1. The van der Waals surface area contributed by atoms with Crippen molar-refractivity contribution in [3.8, 4) is 0 Å². The lowest BCUT2D eigenvalue weighted by Gasteiger charge is -2.34. The molecule has 3 aromatic rings. The largest absolute Gasteiger partial charge is 0.382 e. The van der Waals surface area contributed by atoms with Gasteiger partial charge >= 0.3 is 0 Å². The lowest BCUT2D eigenvalue weighted by Crippen LogP contribution is -2.46. The van der Waals surface area contributed by atoms with Gasteiger partial charge < -0.3 is 15.5 Å². The number of aromatic nitrogens is 1. The van der Waals surface area contributed by atoms with Gasteiger partial charge in [-0.2, -0.15) is 0 Å². The third kappa shape index (κ3) is 5.59. The summed E-state index contributed by atoms with van der Waals surface area (Å²) < 4.78 is 0. The first-order valence-electron chi connectivity index (χ1n) is 12.5. The Labute approximate surface area is 211 Å². The molecule has 2 aliphatic rings. The molecule has 2 N–H and O–H groups in total. The number of hydrogen-bond donors (Lipinski definition) is 2. The van der Waals surface area contributed by atoms with E-state index in [2.05, 4.69) is 15.6 Å². The molecular weight excluding hydrogens is 460 g/mol. The zero-order chi connectivity index (χ0) is 24.2.